The molecule has 0 atom stereocenters. The Bertz CT molecular complexity index is 1160. The number of nitrogens with zero attached hydrogens (tertiary/aromatic N) is 1. The van der Waals surface area contributed by atoms with E-state index >= 15 is 0 Å². The first kappa shape index (κ1) is 19.3. The van der Waals surface area contributed by atoms with Crippen LogP contribution in [0.3, 0.4) is 0 Å². The Morgan fingerprint density at radius 2 is 1.72 bits per heavy atom. The zero-order chi connectivity index (χ0) is 20.2. The summed E-state index contributed by atoms with van der Waals surface area (Å²) in [6.07, 6.45) is 3.63. The first-order valence-corrected chi connectivity index (χ1v) is 10.5. The minimum absolute atomic E-state index is 0.214. The number of aromatic nitrogens is 1. The SMILES string of the molecule is CSc1ccccc1NC(=O)c1ccccc1-c1ncc(-c2ccc(Cl)cc2)o1. The van der Waals surface area contributed by atoms with Crippen LogP contribution >= 0.6 is 23.4 Å². The lowest BCUT2D eigenvalue weighted by molar-refractivity contribution is 0.102. The fraction of sp³-hybridized carbons (Fsp3) is 0.0435. The molecule has 0 bridgehead atoms. The Balaban J connectivity index is 1.65. The lowest BCUT2D eigenvalue weighted by Crippen LogP contribution is -2.13. The highest BCUT2D eigenvalue weighted by Gasteiger charge is 2.18. The Morgan fingerprint density at radius 1 is 1.00 bits per heavy atom. The number of benzene rings is 3. The van der Waals surface area contributed by atoms with Gasteiger partial charge in [0.2, 0.25) is 5.89 Å². The minimum Gasteiger partial charge on any atom is -0.436 e. The second kappa shape index (κ2) is 8.55. The highest BCUT2D eigenvalue weighted by molar-refractivity contribution is 7.98. The Labute approximate surface area is 177 Å². The van der Waals surface area contributed by atoms with E-state index < -0.39 is 0 Å². The van der Waals surface area contributed by atoms with Crippen LogP contribution in [0.1, 0.15) is 10.4 Å². The van der Waals surface area contributed by atoms with Crippen molar-refractivity contribution in [3.05, 3.63) is 89.6 Å². The fourth-order valence-corrected chi connectivity index (χ4v) is 3.63. The predicted octanol–water partition coefficient (Wildman–Crippen LogP) is 6.64. The number of carbonyl (C=O) groups excluding carboxylic acids is 1. The van der Waals surface area contributed by atoms with Crippen LogP contribution in [0.15, 0.2) is 88.3 Å². The number of nitrogens with one attached hydrogen (secondary N) is 1. The summed E-state index contributed by atoms with van der Waals surface area (Å²) in [6.45, 7) is 0. The lowest BCUT2D eigenvalue weighted by atomic mass is 10.1. The molecule has 0 fully saturated rings. The van der Waals surface area contributed by atoms with Gasteiger partial charge in [0.25, 0.3) is 5.91 Å². The van der Waals surface area contributed by atoms with Crippen molar-refractivity contribution in [1.29, 1.82) is 0 Å². The molecule has 144 valence electrons. The average Bonchev–Trinajstić information content (AvgIpc) is 3.25. The molecule has 3 aromatic carbocycles. The van der Waals surface area contributed by atoms with Crippen LogP contribution < -0.4 is 5.32 Å². The zero-order valence-electron chi connectivity index (χ0n) is 15.6. The van der Waals surface area contributed by atoms with E-state index in [1.165, 1.54) is 0 Å². The van der Waals surface area contributed by atoms with Gasteiger partial charge in [-0.3, -0.25) is 4.79 Å². The summed E-state index contributed by atoms with van der Waals surface area (Å²) < 4.78 is 5.94. The maximum atomic E-state index is 13.0. The molecule has 4 nitrogen and oxygen atoms in total. The van der Waals surface area contributed by atoms with Crippen LogP contribution in [0.25, 0.3) is 22.8 Å². The number of oxazole rings is 1. The van der Waals surface area contributed by atoms with E-state index in [0.717, 1.165) is 16.1 Å². The number of hydrogen-bond acceptors (Lipinski definition) is 4. The number of thioether (sulfide) groups is 1. The van der Waals surface area contributed by atoms with E-state index in [1.54, 1.807) is 36.2 Å². The van der Waals surface area contributed by atoms with Crippen LogP contribution in [-0.2, 0) is 0 Å². The molecule has 0 aliphatic heterocycles. The molecule has 4 rings (SSSR count). The number of para-hydroxylation sites is 1. The van der Waals surface area contributed by atoms with Gasteiger partial charge in [-0.25, -0.2) is 4.98 Å². The third-order valence-corrected chi connectivity index (χ3v) is 5.44. The van der Waals surface area contributed by atoms with Gasteiger partial charge in [0.1, 0.15) is 0 Å². The molecule has 1 heterocycles. The van der Waals surface area contributed by atoms with Gasteiger partial charge in [-0.15, -0.1) is 11.8 Å². The monoisotopic (exact) mass is 420 g/mol. The average molecular weight is 421 g/mol. The molecule has 6 heteroatoms. The van der Waals surface area contributed by atoms with E-state index in [1.807, 2.05) is 60.9 Å². The van der Waals surface area contributed by atoms with Crippen LogP contribution in [0.5, 0.6) is 0 Å². The van der Waals surface area contributed by atoms with E-state index in [4.69, 9.17) is 16.0 Å². The molecule has 0 spiro atoms. The van der Waals surface area contributed by atoms with E-state index in [0.29, 0.717) is 27.8 Å². The third-order valence-electron chi connectivity index (χ3n) is 4.39. The molecular weight excluding hydrogens is 404 g/mol. The van der Waals surface area contributed by atoms with Gasteiger partial charge in [-0.2, -0.15) is 0 Å². The van der Waals surface area contributed by atoms with E-state index in [-0.39, 0.29) is 5.91 Å². The molecule has 0 aliphatic carbocycles. The van der Waals surface area contributed by atoms with Gasteiger partial charge in [0.15, 0.2) is 5.76 Å². The quantitative estimate of drug-likeness (QED) is 0.368. The normalized spacial score (nSPS) is 10.7. The van der Waals surface area contributed by atoms with Crippen molar-refractivity contribution in [3.8, 4) is 22.8 Å². The van der Waals surface area contributed by atoms with Gasteiger partial charge in [0.05, 0.1) is 17.4 Å². The summed E-state index contributed by atoms with van der Waals surface area (Å²) in [5.74, 6) is 0.784. The van der Waals surface area contributed by atoms with E-state index in [9.17, 15) is 4.79 Å². The minimum atomic E-state index is -0.214. The number of rotatable bonds is 5. The summed E-state index contributed by atoms with van der Waals surface area (Å²) in [5.41, 5.74) is 2.76. The molecule has 0 radical (unpaired) electrons. The number of anilines is 1. The third kappa shape index (κ3) is 4.21. The molecule has 0 saturated carbocycles. The number of hydrogen-bond donors (Lipinski definition) is 1. The molecule has 4 aromatic rings. The molecule has 29 heavy (non-hydrogen) atoms. The molecule has 1 N–H and O–H groups in total. The number of amides is 1. The lowest BCUT2D eigenvalue weighted by Gasteiger charge is -2.11. The Hall–Kier alpha value is -3.02. The van der Waals surface area contributed by atoms with Crippen molar-refractivity contribution in [3.63, 3.8) is 0 Å². The molecule has 0 saturated heterocycles. The van der Waals surface area contributed by atoms with Gasteiger partial charge in [-0.1, -0.05) is 35.9 Å². The second-order valence-corrected chi connectivity index (χ2v) is 7.52. The highest BCUT2D eigenvalue weighted by Crippen LogP contribution is 2.30. The molecule has 0 unspecified atom stereocenters. The first-order valence-electron chi connectivity index (χ1n) is 8.91. The highest BCUT2D eigenvalue weighted by atomic mass is 35.5. The first-order chi connectivity index (χ1) is 14.2. The van der Waals surface area contributed by atoms with Crippen LogP contribution in [0.4, 0.5) is 5.69 Å². The van der Waals surface area contributed by atoms with Crippen molar-refractivity contribution >= 4 is 35.0 Å². The van der Waals surface area contributed by atoms with Crippen molar-refractivity contribution < 1.29 is 9.21 Å². The maximum absolute atomic E-state index is 13.0. The summed E-state index contributed by atoms with van der Waals surface area (Å²) in [7, 11) is 0. The molecular formula is C23H17ClN2O2S. The Morgan fingerprint density at radius 3 is 2.52 bits per heavy atom. The fourth-order valence-electron chi connectivity index (χ4n) is 2.95. The van der Waals surface area contributed by atoms with Gasteiger partial charge >= 0.3 is 0 Å². The predicted molar refractivity (Wildman–Crippen MR) is 119 cm³/mol. The smallest absolute Gasteiger partial charge is 0.256 e. The topological polar surface area (TPSA) is 55.1 Å². The zero-order valence-corrected chi connectivity index (χ0v) is 17.1. The molecule has 1 amide bonds. The second-order valence-electron chi connectivity index (χ2n) is 6.24. The Kier molecular flexibility index (Phi) is 5.69. The largest absolute Gasteiger partial charge is 0.436 e. The summed E-state index contributed by atoms with van der Waals surface area (Å²) in [5, 5.41) is 3.64. The van der Waals surface area contributed by atoms with E-state index in [2.05, 4.69) is 10.3 Å². The number of carbonyl (C=O) groups is 1. The number of halogens is 1. The van der Waals surface area contributed by atoms with Gasteiger partial charge < -0.3 is 9.73 Å². The van der Waals surface area contributed by atoms with Crippen LogP contribution in [0.2, 0.25) is 5.02 Å². The summed E-state index contributed by atoms with van der Waals surface area (Å²) in [4.78, 5) is 18.4. The maximum Gasteiger partial charge on any atom is 0.256 e. The van der Waals surface area contributed by atoms with Gasteiger partial charge in [0, 0.05) is 21.0 Å². The van der Waals surface area contributed by atoms with Crippen molar-refractivity contribution in [2.24, 2.45) is 0 Å². The molecule has 0 aliphatic rings. The standard InChI is InChI=1S/C23H17ClN2O2S/c1-29-21-9-5-4-8-19(21)26-22(27)17-6-2-3-7-18(17)23-25-14-20(28-23)15-10-12-16(24)13-11-15/h2-14H,1H3,(H,26,27). The summed E-state index contributed by atoms with van der Waals surface area (Å²) in [6, 6.07) is 22.3. The molecule has 1 aromatic heterocycles. The van der Waals surface area contributed by atoms with Crippen molar-refractivity contribution in [2.45, 2.75) is 4.90 Å². The summed E-state index contributed by atoms with van der Waals surface area (Å²) >= 11 is 7.53. The van der Waals surface area contributed by atoms with Gasteiger partial charge in [-0.05, 0) is 54.8 Å². The van der Waals surface area contributed by atoms with Crippen LogP contribution in [-0.4, -0.2) is 17.1 Å². The van der Waals surface area contributed by atoms with Crippen molar-refractivity contribution in [2.75, 3.05) is 11.6 Å². The van der Waals surface area contributed by atoms with Crippen molar-refractivity contribution in [1.82, 2.24) is 4.98 Å². The van der Waals surface area contributed by atoms with Crippen LogP contribution in [0, 0.1) is 0 Å².